The second-order valence-electron chi connectivity index (χ2n) is 11.2. The van der Waals surface area contributed by atoms with Crippen LogP contribution >= 0.6 is 24.8 Å². The van der Waals surface area contributed by atoms with Gasteiger partial charge in [0.1, 0.15) is 0 Å². The third-order valence-corrected chi connectivity index (χ3v) is 39.0. The molecule has 2 aliphatic carbocycles. The van der Waals surface area contributed by atoms with Crippen molar-refractivity contribution in [2.24, 2.45) is 10.8 Å². The van der Waals surface area contributed by atoms with E-state index in [0.717, 1.165) is 0 Å². The van der Waals surface area contributed by atoms with Crippen LogP contribution in [-0.2, 0) is 15.4 Å². The van der Waals surface area contributed by atoms with Gasteiger partial charge in [0.2, 0.25) is 0 Å². The number of rotatable bonds is 2. The molecule has 150 valence electrons. The van der Waals surface area contributed by atoms with E-state index in [-0.39, 0.29) is 24.8 Å². The maximum Gasteiger partial charge on any atom is -0.147 e. The van der Waals surface area contributed by atoms with Crippen LogP contribution in [0.15, 0.2) is 41.1 Å². The molecule has 0 saturated heterocycles. The van der Waals surface area contributed by atoms with Crippen molar-refractivity contribution in [3.8, 4) is 0 Å². The maximum absolute atomic E-state index is 3.10. The van der Waals surface area contributed by atoms with E-state index >= 15 is 0 Å². The molecule has 0 spiro atoms. The van der Waals surface area contributed by atoms with Gasteiger partial charge in [0.15, 0.2) is 0 Å². The van der Waals surface area contributed by atoms with Gasteiger partial charge in [-0.05, 0) is 0 Å². The van der Waals surface area contributed by atoms with Gasteiger partial charge in [-0.25, -0.2) is 0 Å². The molecule has 26 heavy (non-hydrogen) atoms. The van der Waals surface area contributed by atoms with Crippen molar-refractivity contribution in [1.82, 2.24) is 0 Å². The molecular weight excluding hydrogens is 586 g/mol. The first kappa shape index (κ1) is 27.0. The third-order valence-electron chi connectivity index (χ3n) is 6.33. The van der Waals surface area contributed by atoms with E-state index in [1.807, 2.05) is 6.66 Å². The zero-order valence-electron chi connectivity index (χ0n) is 18.6. The second kappa shape index (κ2) is 8.00. The van der Waals surface area contributed by atoms with E-state index < -0.39 is 15.4 Å². The third kappa shape index (κ3) is 5.11. The summed E-state index contributed by atoms with van der Waals surface area (Å²) in [4.78, 5) is 0. The molecule has 0 amide bonds. The Kier molecular flexibility index (Phi) is 8.29. The van der Waals surface area contributed by atoms with Crippen LogP contribution in [0.1, 0.15) is 68.2 Å². The summed E-state index contributed by atoms with van der Waals surface area (Å²) in [6.07, 6.45) is 7.55. The fraction of sp³-hybridized carbons (Fsp3) is 0.636. The number of halogens is 2. The summed E-state index contributed by atoms with van der Waals surface area (Å²) in [5.41, 5.74) is 7.12. The molecule has 0 saturated carbocycles. The molecule has 0 atom stereocenters. The fourth-order valence-electron chi connectivity index (χ4n) is 4.44. The van der Waals surface area contributed by atoms with Gasteiger partial charge in [-0.3, -0.25) is 0 Å². The molecule has 0 N–H and O–H groups in total. The van der Waals surface area contributed by atoms with E-state index in [1.54, 1.807) is 22.3 Å². The van der Waals surface area contributed by atoms with E-state index in [2.05, 4.69) is 76.9 Å². The Balaban J connectivity index is 0.00000312. The van der Waals surface area contributed by atoms with E-state index in [9.17, 15) is 0 Å². The monoisotopic (exact) mass is 628 g/mol. The Morgan fingerprint density at radius 2 is 1.00 bits per heavy atom. The van der Waals surface area contributed by atoms with E-state index in [4.69, 9.17) is 0 Å². The van der Waals surface area contributed by atoms with Crippen molar-refractivity contribution in [1.29, 1.82) is 0 Å². The van der Waals surface area contributed by atoms with Gasteiger partial charge in [-0.15, -0.1) is 24.8 Å². The Bertz CT molecular complexity index is 712. The molecule has 0 aromatic heterocycles. The van der Waals surface area contributed by atoms with Gasteiger partial charge >= 0.3 is 157 Å². The Labute approximate surface area is 180 Å². The van der Waals surface area contributed by atoms with Crippen LogP contribution in [0.3, 0.4) is 0 Å². The van der Waals surface area contributed by atoms with Gasteiger partial charge in [0.25, 0.3) is 0 Å². The first-order valence-electron chi connectivity index (χ1n) is 9.42. The van der Waals surface area contributed by atoms with Gasteiger partial charge in [-0.2, -0.15) is 0 Å². The van der Waals surface area contributed by atoms with Crippen molar-refractivity contribution in [3.05, 3.63) is 41.1 Å². The average molecular weight is 627 g/mol. The fourth-order valence-corrected chi connectivity index (χ4v) is 34.7. The summed E-state index contributed by atoms with van der Waals surface area (Å²) in [5.74, 6) is 0. The minimum atomic E-state index is -3.10. The van der Waals surface area contributed by atoms with Crippen LogP contribution < -0.4 is 0 Å². The van der Waals surface area contributed by atoms with Crippen LogP contribution in [0.5, 0.6) is 0 Å². The van der Waals surface area contributed by atoms with Crippen molar-refractivity contribution in [2.45, 2.75) is 77.6 Å². The molecule has 0 unspecified atom stereocenters. The number of allylic oxidation sites excluding steroid dienone is 8. The Hall–Kier alpha value is 0.953. The summed E-state index contributed by atoms with van der Waals surface area (Å²) in [5, 5.41) is 0. The van der Waals surface area contributed by atoms with Gasteiger partial charge < -0.3 is 0 Å². The van der Waals surface area contributed by atoms with Crippen LogP contribution in [0.4, 0.5) is 0 Å². The molecule has 0 aromatic carbocycles. The van der Waals surface area contributed by atoms with E-state index in [0.29, 0.717) is 10.8 Å². The smallest absolute Gasteiger partial charge is 0.147 e. The molecule has 0 bridgehead atoms. The van der Waals surface area contributed by atoms with Gasteiger partial charge in [0, 0.05) is 0 Å². The second-order valence-corrected chi connectivity index (χ2v) is 71.3. The molecule has 0 aromatic rings. The average Bonchev–Trinajstić information content (AvgIpc) is 2.91. The molecule has 0 aliphatic heterocycles. The summed E-state index contributed by atoms with van der Waals surface area (Å²) in [6.45, 7) is 19.0. The van der Waals surface area contributed by atoms with E-state index in [1.165, 1.54) is 25.1 Å². The number of hydrogen-bond acceptors (Lipinski definition) is 0. The topological polar surface area (TPSA) is 0 Å². The molecule has 2 rings (SSSR count). The first-order valence-corrected chi connectivity index (χ1v) is 34.9. The molecule has 0 fully saturated rings. The van der Waals surface area contributed by atoms with Crippen molar-refractivity contribution < 1.29 is 15.4 Å². The van der Waals surface area contributed by atoms with Crippen LogP contribution in [0, 0.1) is 10.8 Å². The predicted octanol–water partition coefficient (Wildman–Crippen LogP) is 7.46. The Morgan fingerprint density at radius 3 is 1.19 bits per heavy atom. The molecule has 0 radical (unpaired) electrons. The zero-order chi connectivity index (χ0) is 18.7. The van der Waals surface area contributed by atoms with Gasteiger partial charge in [-0.1, -0.05) is 0 Å². The standard InChI is InChI=1S/2C10H15.2CH3.2ClH.GeH2.Hf/c2*1-8-5-6-9(7-8)10(2,3)4;;;;;;/h2*7H,6H2,1-4H3;2*1H3;2*1H;1H2;. The molecule has 0 nitrogen and oxygen atoms in total. The first-order chi connectivity index (χ1) is 10.5. The molecular formula is C22H40Cl2GeHf. The molecule has 2 aliphatic rings. The van der Waals surface area contributed by atoms with Crippen molar-refractivity contribution in [3.63, 3.8) is 0 Å². The summed E-state index contributed by atoms with van der Waals surface area (Å²) < 4.78 is 9.23. The summed E-state index contributed by atoms with van der Waals surface area (Å²) >= 11 is -1.60. The SMILES string of the molecule is CC1=[C]([Hf]([CH3])([CH3])(=[GeH2])[C]2=C(C)C=C(C(C)(C)C)C2)CC(C(C)(C)C)=C1.Cl.Cl. The predicted molar refractivity (Wildman–Crippen MR) is 124 cm³/mol. The number of hydrogen-bond donors (Lipinski definition) is 0. The maximum atomic E-state index is 2.73. The summed E-state index contributed by atoms with van der Waals surface area (Å²) in [6, 6.07) is 0. The molecule has 0 heterocycles. The van der Waals surface area contributed by atoms with Gasteiger partial charge in [0.05, 0.1) is 0 Å². The quantitative estimate of drug-likeness (QED) is 0.279. The van der Waals surface area contributed by atoms with Crippen molar-refractivity contribution >= 4 is 37.0 Å². The zero-order valence-corrected chi connectivity index (χ0v) is 26.8. The summed E-state index contributed by atoms with van der Waals surface area (Å²) in [7, 11) is 0. The van der Waals surface area contributed by atoms with Crippen LogP contribution in [0.25, 0.3) is 0 Å². The molecule has 4 heteroatoms. The minimum Gasteiger partial charge on any atom is -0.147 e. The minimum absolute atomic E-state index is 0. The Morgan fingerprint density at radius 1 is 0.731 bits per heavy atom. The largest absolute Gasteiger partial charge is 0.147 e. The van der Waals surface area contributed by atoms with Crippen LogP contribution in [-0.4, -0.2) is 12.2 Å². The van der Waals surface area contributed by atoms with Crippen LogP contribution in [0.2, 0.25) is 9.36 Å². The van der Waals surface area contributed by atoms with Crippen molar-refractivity contribution in [2.75, 3.05) is 0 Å². The normalized spacial score (nSPS) is 19.2.